The first-order valence-corrected chi connectivity index (χ1v) is 8.02. The number of hydrogen-bond acceptors (Lipinski definition) is 3. The lowest BCUT2D eigenvalue weighted by Crippen LogP contribution is -2.28. The second kappa shape index (κ2) is 6.71. The van der Waals surface area contributed by atoms with Gasteiger partial charge < -0.3 is 10.4 Å². The first kappa shape index (κ1) is 16.0. The van der Waals surface area contributed by atoms with Crippen molar-refractivity contribution in [3.05, 3.63) is 71.4 Å². The van der Waals surface area contributed by atoms with E-state index in [4.69, 9.17) is 0 Å². The predicted octanol–water partition coefficient (Wildman–Crippen LogP) is 3.86. The van der Waals surface area contributed by atoms with E-state index in [1.165, 1.54) is 0 Å². The third-order valence-corrected chi connectivity index (χ3v) is 4.13. The Hall–Kier alpha value is -2.88. The van der Waals surface area contributed by atoms with Gasteiger partial charge in [-0.05, 0) is 18.6 Å². The molecule has 0 saturated carbocycles. The molecule has 1 atom stereocenters. The third kappa shape index (κ3) is 3.08. The third-order valence-electron chi connectivity index (χ3n) is 4.13. The quantitative estimate of drug-likeness (QED) is 0.767. The van der Waals surface area contributed by atoms with Crippen LogP contribution in [0.2, 0.25) is 0 Å². The van der Waals surface area contributed by atoms with E-state index in [1.807, 2.05) is 62.4 Å². The number of amides is 1. The van der Waals surface area contributed by atoms with Crippen LogP contribution in [-0.2, 0) is 4.79 Å². The van der Waals surface area contributed by atoms with Crippen molar-refractivity contribution in [1.29, 1.82) is 0 Å². The van der Waals surface area contributed by atoms with Gasteiger partial charge in [-0.3, -0.25) is 9.78 Å². The highest BCUT2D eigenvalue weighted by molar-refractivity contribution is 5.86. The molecule has 0 aliphatic heterocycles. The largest absolute Gasteiger partial charge is 0.505 e. The van der Waals surface area contributed by atoms with Crippen molar-refractivity contribution in [2.75, 3.05) is 0 Å². The SMILES string of the molecule is CCC(=O)N[C@@H](c1ccc(C)cc1)c1ccc2cccnc2c1O. The van der Waals surface area contributed by atoms with Crippen molar-refractivity contribution in [1.82, 2.24) is 10.3 Å². The summed E-state index contributed by atoms with van der Waals surface area (Å²) < 4.78 is 0. The van der Waals surface area contributed by atoms with Crippen LogP contribution in [0.3, 0.4) is 0 Å². The summed E-state index contributed by atoms with van der Waals surface area (Å²) in [6, 6.07) is 15.0. The van der Waals surface area contributed by atoms with E-state index in [0.717, 1.165) is 16.5 Å². The summed E-state index contributed by atoms with van der Waals surface area (Å²) in [4.78, 5) is 16.3. The molecule has 0 radical (unpaired) electrons. The molecule has 0 saturated heterocycles. The van der Waals surface area contributed by atoms with E-state index in [2.05, 4.69) is 10.3 Å². The summed E-state index contributed by atoms with van der Waals surface area (Å²) in [6.07, 6.45) is 2.03. The Balaban J connectivity index is 2.12. The van der Waals surface area contributed by atoms with Crippen LogP contribution < -0.4 is 5.32 Å². The molecule has 0 aliphatic carbocycles. The van der Waals surface area contributed by atoms with Gasteiger partial charge in [-0.1, -0.05) is 55.0 Å². The van der Waals surface area contributed by atoms with Gasteiger partial charge in [0.1, 0.15) is 11.3 Å². The van der Waals surface area contributed by atoms with Gasteiger partial charge in [0.15, 0.2) is 0 Å². The topological polar surface area (TPSA) is 62.2 Å². The molecule has 24 heavy (non-hydrogen) atoms. The Labute approximate surface area is 141 Å². The van der Waals surface area contributed by atoms with Crippen molar-refractivity contribution < 1.29 is 9.90 Å². The van der Waals surface area contributed by atoms with E-state index < -0.39 is 6.04 Å². The number of carbonyl (C=O) groups is 1. The molecule has 2 N–H and O–H groups in total. The monoisotopic (exact) mass is 320 g/mol. The van der Waals surface area contributed by atoms with E-state index in [-0.39, 0.29) is 11.7 Å². The van der Waals surface area contributed by atoms with Crippen LogP contribution in [-0.4, -0.2) is 16.0 Å². The van der Waals surface area contributed by atoms with Crippen LogP contribution in [0, 0.1) is 6.92 Å². The first-order valence-electron chi connectivity index (χ1n) is 8.02. The first-order chi connectivity index (χ1) is 11.6. The van der Waals surface area contributed by atoms with Crippen molar-refractivity contribution in [3.63, 3.8) is 0 Å². The molecule has 0 bridgehead atoms. The average Bonchev–Trinajstić information content (AvgIpc) is 2.61. The van der Waals surface area contributed by atoms with Gasteiger partial charge in [-0.25, -0.2) is 0 Å². The number of benzene rings is 2. The number of carbonyl (C=O) groups excluding carboxylic acids is 1. The van der Waals surface area contributed by atoms with Gasteiger partial charge in [0.25, 0.3) is 0 Å². The van der Waals surface area contributed by atoms with Crippen molar-refractivity contribution in [3.8, 4) is 5.75 Å². The van der Waals surface area contributed by atoms with Gasteiger partial charge in [0.05, 0.1) is 6.04 Å². The minimum Gasteiger partial charge on any atom is -0.505 e. The molecule has 0 unspecified atom stereocenters. The summed E-state index contributed by atoms with van der Waals surface area (Å²) in [7, 11) is 0. The van der Waals surface area contributed by atoms with Gasteiger partial charge in [0, 0.05) is 23.6 Å². The Morgan fingerprint density at radius 1 is 1.17 bits per heavy atom. The fourth-order valence-electron chi connectivity index (χ4n) is 2.74. The summed E-state index contributed by atoms with van der Waals surface area (Å²) >= 11 is 0. The summed E-state index contributed by atoms with van der Waals surface area (Å²) in [5, 5.41) is 14.6. The van der Waals surface area contributed by atoms with Crippen LogP contribution in [0.25, 0.3) is 10.9 Å². The highest BCUT2D eigenvalue weighted by Crippen LogP contribution is 2.34. The van der Waals surface area contributed by atoms with Crippen molar-refractivity contribution in [2.24, 2.45) is 0 Å². The molecule has 3 aromatic rings. The number of aryl methyl sites for hydroxylation is 1. The zero-order chi connectivity index (χ0) is 17.1. The minimum absolute atomic E-state index is 0.0684. The highest BCUT2D eigenvalue weighted by Gasteiger charge is 2.21. The summed E-state index contributed by atoms with van der Waals surface area (Å²) in [6.45, 7) is 3.82. The fourth-order valence-corrected chi connectivity index (χ4v) is 2.74. The smallest absolute Gasteiger partial charge is 0.220 e. The summed E-state index contributed by atoms with van der Waals surface area (Å²) in [5.74, 6) is 0.0381. The van der Waals surface area contributed by atoms with Gasteiger partial charge in [0.2, 0.25) is 5.91 Å². The molecule has 122 valence electrons. The maximum absolute atomic E-state index is 12.0. The molecule has 4 nitrogen and oxygen atoms in total. The normalized spacial score (nSPS) is 12.1. The second-order valence-electron chi connectivity index (χ2n) is 5.84. The van der Waals surface area contributed by atoms with Crippen molar-refractivity contribution >= 4 is 16.8 Å². The fraction of sp³-hybridized carbons (Fsp3) is 0.200. The zero-order valence-electron chi connectivity index (χ0n) is 13.8. The molecule has 3 rings (SSSR count). The Kier molecular flexibility index (Phi) is 4.47. The Morgan fingerprint density at radius 2 is 1.92 bits per heavy atom. The number of fused-ring (bicyclic) bond motifs is 1. The second-order valence-corrected chi connectivity index (χ2v) is 5.84. The molecule has 1 heterocycles. The molecule has 0 fully saturated rings. The standard InChI is InChI=1S/C20H20N2O2/c1-3-17(23)22-18(15-8-6-13(2)7-9-15)16-11-10-14-5-4-12-21-19(14)20(16)24/h4-12,18,24H,3H2,1-2H3,(H,22,23)/t18-/m0/s1. The number of rotatable bonds is 4. The molecule has 2 aromatic carbocycles. The molecule has 0 aliphatic rings. The van der Waals surface area contributed by atoms with E-state index >= 15 is 0 Å². The van der Waals surface area contributed by atoms with Crippen molar-refractivity contribution in [2.45, 2.75) is 26.3 Å². The maximum Gasteiger partial charge on any atom is 0.220 e. The van der Waals surface area contributed by atoms with E-state index in [9.17, 15) is 9.90 Å². The van der Waals surface area contributed by atoms with Gasteiger partial charge in [-0.15, -0.1) is 0 Å². The maximum atomic E-state index is 12.0. The number of nitrogens with zero attached hydrogens (tertiary/aromatic N) is 1. The number of pyridine rings is 1. The van der Waals surface area contributed by atoms with E-state index in [1.54, 1.807) is 6.20 Å². The number of hydrogen-bond donors (Lipinski definition) is 2. The number of phenols is 1. The number of aromatic nitrogens is 1. The molecule has 4 heteroatoms. The lowest BCUT2D eigenvalue weighted by Gasteiger charge is -2.21. The van der Waals surface area contributed by atoms with Crippen LogP contribution in [0.1, 0.15) is 36.1 Å². The Morgan fingerprint density at radius 3 is 2.62 bits per heavy atom. The molecular weight excluding hydrogens is 300 g/mol. The molecular formula is C20H20N2O2. The van der Waals surface area contributed by atoms with Crippen LogP contribution in [0.4, 0.5) is 0 Å². The van der Waals surface area contributed by atoms with Crippen LogP contribution in [0.5, 0.6) is 5.75 Å². The Bertz CT molecular complexity index is 872. The van der Waals surface area contributed by atoms with Crippen LogP contribution >= 0.6 is 0 Å². The number of phenolic OH excluding ortho intramolecular Hbond substituents is 1. The van der Waals surface area contributed by atoms with Gasteiger partial charge >= 0.3 is 0 Å². The van der Waals surface area contributed by atoms with E-state index in [0.29, 0.717) is 17.5 Å². The lowest BCUT2D eigenvalue weighted by atomic mass is 9.95. The highest BCUT2D eigenvalue weighted by atomic mass is 16.3. The average molecular weight is 320 g/mol. The minimum atomic E-state index is -0.413. The molecule has 1 amide bonds. The molecule has 1 aromatic heterocycles. The molecule has 0 spiro atoms. The van der Waals surface area contributed by atoms with Crippen LogP contribution in [0.15, 0.2) is 54.7 Å². The summed E-state index contributed by atoms with van der Waals surface area (Å²) in [5.41, 5.74) is 3.25. The number of aromatic hydroxyl groups is 1. The number of nitrogens with one attached hydrogen (secondary N) is 1. The zero-order valence-corrected chi connectivity index (χ0v) is 13.8. The predicted molar refractivity (Wildman–Crippen MR) is 94.9 cm³/mol. The lowest BCUT2D eigenvalue weighted by molar-refractivity contribution is -0.121. The van der Waals surface area contributed by atoms with Gasteiger partial charge in [-0.2, -0.15) is 0 Å².